The Morgan fingerprint density at radius 2 is 2.21 bits per heavy atom. The van der Waals surface area contributed by atoms with Gasteiger partial charge < -0.3 is 4.74 Å². The van der Waals surface area contributed by atoms with Gasteiger partial charge in [0, 0.05) is 18.7 Å². The minimum Gasteiger partial charge on any atom is -0.496 e. The number of hydrogen-bond donors (Lipinski definition) is 1. The van der Waals surface area contributed by atoms with E-state index in [-0.39, 0.29) is 24.1 Å². The Kier molecular flexibility index (Phi) is 6.33. The van der Waals surface area contributed by atoms with Crippen LogP contribution in [0.25, 0.3) is 0 Å². The van der Waals surface area contributed by atoms with E-state index >= 15 is 0 Å². The van der Waals surface area contributed by atoms with E-state index in [1.54, 1.807) is 20.1 Å². The lowest BCUT2D eigenvalue weighted by molar-refractivity contribution is -0.126. The van der Waals surface area contributed by atoms with Crippen LogP contribution in [0.15, 0.2) is 29.4 Å². The van der Waals surface area contributed by atoms with Crippen molar-refractivity contribution in [1.29, 1.82) is 0 Å². The molecule has 1 heterocycles. The second-order valence-electron chi connectivity index (χ2n) is 5.57. The maximum absolute atomic E-state index is 12.2. The third-order valence-corrected chi connectivity index (χ3v) is 5.88. The first kappa shape index (κ1) is 18.4. The number of nitrogens with zero attached hydrogens (tertiary/aromatic N) is 2. The highest BCUT2D eigenvalue weighted by Crippen LogP contribution is 2.20. The fourth-order valence-electron chi connectivity index (χ4n) is 2.62. The summed E-state index contributed by atoms with van der Waals surface area (Å²) in [4.78, 5) is 12.2. The van der Waals surface area contributed by atoms with Gasteiger partial charge in [0.1, 0.15) is 5.75 Å². The number of ether oxygens (including phenoxy) is 1. The molecule has 0 radical (unpaired) electrons. The van der Waals surface area contributed by atoms with E-state index in [1.807, 2.05) is 18.2 Å². The minimum atomic E-state index is -3.26. The van der Waals surface area contributed by atoms with Crippen molar-refractivity contribution >= 4 is 22.1 Å². The number of carbonyl (C=O) groups excluding carboxylic acids is 1. The number of benzene rings is 1. The molecule has 0 aromatic heterocycles. The summed E-state index contributed by atoms with van der Waals surface area (Å²) in [6, 6.07) is 7.32. The molecule has 0 saturated carbocycles. The van der Waals surface area contributed by atoms with Crippen molar-refractivity contribution in [2.75, 3.05) is 26.0 Å². The molecule has 1 amide bonds. The van der Waals surface area contributed by atoms with Gasteiger partial charge in [0.25, 0.3) is 0 Å². The van der Waals surface area contributed by atoms with Gasteiger partial charge >= 0.3 is 0 Å². The maximum Gasteiger partial charge on any atom is 0.244 e. The number of methoxy groups -OCH3 is 1. The van der Waals surface area contributed by atoms with Crippen LogP contribution < -0.4 is 10.2 Å². The zero-order chi connectivity index (χ0) is 17.6. The number of carbonyl (C=O) groups is 1. The number of amides is 1. The molecule has 1 aliphatic heterocycles. The molecule has 1 atom stereocenters. The fourth-order valence-corrected chi connectivity index (χ4v) is 3.80. The molecular formula is C16H23N3O4S. The lowest BCUT2D eigenvalue weighted by Crippen LogP contribution is -2.45. The number of nitrogens with one attached hydrogen (secondary N) is 1. The van der Waals surface area contributed by atoms with Crippen molar-refractivity contribution < 1.29 is 17.9 Å². The van der Waals surface area contributed by atoms with Gasteiger partial charge in [-0.1, -0.05) is 12.1 Å². The van der Waals surface area contributed by atoms with Gasteiger partial charge in [-0.05, 0) is 31.9 Å². The van der Waals surface area contributed by atoms with Crippen molar-refractivity contribution in [3.63, 3.8) is 0 Å². The number of hydrogen-bond acceptors (Lipinski definition) is 5. The Labute approximate surface area is 142 Å². The van der Waals surface area contributed by atoms with E-state index < -0.39 is 10.0 Å². The van der Waals surface area contributed by atoms with Crippen LogP contribution in [0.4, 0.5) is 0 Å². The van der Waals surface area contributed by atoms with E-state index in [1.165, 1.54) is 10.5 Å². The van der Waals surface area contributed by atoms with E-state index in [2.05, 4.69) is 10.5 Å². The molecule has 8 heteroatoms. The second kappa shape index (κ2) is 8.25. The van der Waals surface area contributed by atoms with Crippen molar-refractivity contribution in [3.05, 3.63) is 29.8 Å². The summed E-state index contributed by atoms with van der Waals surface area (Å²) in [6.07, 6.45) is 2.85. The second-order valence-corrected chi connectivity index (χ2v) is 7.83. The van der Waals surface area contributed by atoms with Crippen molar-refractivity contribution in [2.45, 2.75) is 19.8 Å². The molecule has 1 N–H and O–H groups in total. The molecule has 2 rings (SSSR count). The van der Waals surface area contributed by atoms with Crippen LogP contribution in [0, 0.1) is 5.92 Å². The summed E-state index contributed by atoms with van der Waals surface area (Å²) < 4.78 is 30.5. The van der Waals surface area contributed by atoms with Crippen molar-refractivity contribution in [1.82, 2.24) is 9.73 Å². The smallest absolute Gasteiger partial charge is 0.244 e. The summed E-state index contributed by atoms with van der Waals surface area (Å²) in [5, 5.41) is 3.96. The zero-order valence-electron chi connectivity index (χ0n) is 13.9. The molecule has 0 unspecified atom stereocenters. The number of piperidine rings is 1. The summed E-state index contributed by atoms with van der Waals surface area (Å²) >= 11 is 0. The third kappa shape index (κ3) is 4.55. The Hall–Kier alpha value is -1.93. The highest BCUT2D eigenvalue weighted by Gasteiger charge is 2.31. The highest BCUT2D eigenvalue weighted by atomic mass is 32.2. The van der Waals surface area contributed by atoms with Gasteiger partial charge in [-0.25, -0.2) is 18.1 Å². The van der Waals surface area contributed by atoms with Gasteiger partial charge in [0.2, 0.25) is 15.9 Å². The number of sulfonamides is 1. The van der Waals surface area contributed by atoms with Gasteiger partial charge in [-0.15, -0.1) is 0 Å². The van der Waals surface area contributed by atoms with E-state index in [4.69, 9.17) is 4.74 Å². The van der Waals surface area contributed by atoms with E-state index in [9.17, 15) is 13.2 Å². The average Bonchev–Trinajstić information content (AvgIpc) is 2.62. The fraction of sp³-hybridized carbons (Fsp3) is 0.500. The number of rotatable bonds is 6. The van der Waals surface area contributed by atoms with Crippen LogP contribution in [0.5, 0.6) is 5.75 Å². The van der Waals surface area contributed by atoms with Crippen molar-refractivity contribution in [3.8, 4) is 5.75 Å². The molecule has 132 valence electrons. The van der Waals surface area contributed by atoms with Gasteiger partial charge in [-0.2, -0.15) is 5.10 Å². The summed E-state index contributed by atoms with van der Waals surface area (Å²) in [5.41, 5.74) is 3.24. The lowest BCUT2D eigenvalue weighted by Gasteiger charge is -2.30. The van der Waals surface area contributed by atoms with E-state index in [0.29, 0.717) is 25.1 Å². The van der Waals surface area contributed by atoms with E-state index in [0.717, 1.165) is 5.56 Å². The molecule has 1 fully saturated rings. The van der Waals surface area contributed by atoms with Crippen molar-refractivity contribution in [2.24, 2.45) is 11.0 Å². The average molecular weight is 353 g/mol. The molecule has 1 aliphatic rings. The standard InChI is InChI=1S/C16H23N3O4S/c1-3-24(21,22)19-10-6-8-14(12-19)16(20)18-17-11-13-7-4-5-9-15(13)23-2/h4-5,7,9,11,14H,3,6,8,10,12H2,1-2H3,(H,18,20)/b17-11-/t14-/m1/s1. The molecule has 24 heavy (non-hydrogen) atoms. The first-order valence-electron chi connectivity index (χ1n) is 7.91. The first-order valence-corrected chi connectivity index (χ1v) is 9.52. The Morgan fingerprint density at radius 1 is 1.46 bits per heavy atom. The highest BCUT2D eigenvalue weighted by molar-refractivity contribution is 7.89. The largest absolute Gasteiger partial charge is 0.496 e. The molecule has 7 nitrogen and oxygen atoms in total. The lowest BCUT2D eigenvalue weighted by atomic mass is 9.99. The topological polar surface area (TPSA) is 88.1 Å². The van der Waals surface area contributed by atoms with Crippen LogP contribution in [0.1, 0.15) is 25.3 Å². The Bertz CT molecular complexity index is 703. The molecule has 0 bridgehead atoms. The monoisotopic (exact) mass is 353 g/mol. The molecule has 0 spiro atoms. The zero-order valence-corrected chi connectivity index (χ0v) is 14.8. The molecule has 0 aliphatic carbocycles. The maximum atomic E-state index is 12.2. The first-order chi connectivity index (χ1) is 11.5. The minimum absolute atomic E-state index is 0.0489. The van der Waals surface area contributed by atoms with Gasteiger partial charge in [-0.3, -0.25) is 4.79 Å². The molecular weight excluding hydrogens is 330 g/mol. The van der Waals surface area contributed by atoms with Crippen LogP contribution in [-0.2, 0) is 14.8 Å². The predicted octanol–water partition coefficient (Wildman–Crippen LogP) is 1.21. The Balaban J connectivity index is 1.96. The normalized spacial score (nSPS) is 19.3. The quantitative estimate of drug-likeness (QED) is 0.615. The van der Waals surface area contributed by atoms with Crippen LogP contribution in [0.2, 0.25) is 0 Å². The van der Waals surface area contributed by atoms with Gasteiger partial charge in [0.15, 0.2) is 0 Å². The predicted molar refractivity (Wildman–Crippen MR) is 92.5 cm³/mol. The van der Waals surface area contributed by atoms with Gasteiger partial charge in [0.05, 0.1) is 25.0 Å². The molecule has 1 saturated heterocycles. The SMILES string of the molecule is CCS(=O)(=O)N1CCC[C@@H](C(=O)N/N=C\c2ccccc2OC)C1. The third-order valence-electron chi connectivity index (χ3n) is 4.03. The summed E-state index contributed by atoms with van der Waals surface area (Å²) in [6.45, 7) is 2.30. The number of para-hydroxylation sites is 1. The van der Waals surface area contributed by atoms with Crippen LogP contribution >= 0.6 is 0 Å². The van der Waals surface area contributed by atoms with Crippen LogP contribution in [-0.4, -0.2) is 50.8 Å². The summed E-state index contributed by atoms with van der Waals surface area (Å²) in [7, 11) is -1.70. The summed E-state index contributed by atoms with van der Waals surface area (Å²) in [5.74, 6) is 0.0632. The Morgan fingerprint density at radius 3 is 2.92 bits per heavy atom. The molecule has 1 aromatic carbocycles. The van der Waals surface area contributed by atoms with Crippen LogP contribution in [0.3, 0.4) is 0 Å². The number of hydrazone groups is 1. The molecule has 1 aromatic rings.